The maximum atomic E-state index is 11.2. The Kier molecular flexibility index (Phi) is 4.80. The highest BCUT2D eigenvalue weighted by atomic mass is 16.3. The summed E-state index contributed by atoms with van der Waals surface area (Å²) in [5.41, 5.74) is 6.38. The molecule has 0 aromatic heterocycles. The standard InChI is InChI=1S/C14H18N2O2.CH2O2/c15-14(18)12-3-1-2-11(13(12)17)8-6-9-4-5-10(7-8)16-9;2-1-3/h1-3,8-10,16-17H,4-7H2,(H2,15,18);1H,(H,2,3). The molecule has 0 saturated carbocycles. The molecule has 2 unspecified atom stereocenters. The van der Waals surface area contributed by atoms with Crippen molar-refractivity contribution < 1.29 is 19.8 Å². The fourth-order valence-electron chi connectivity index (χ4n) is 3.40. The summed E-state index contributed by atoms with van der Waals surface area (Å²) < 4.78 is 0. The number of hydrogen-bond donors (Lipinski definition) is 4. The van der Waals surface area contributed by atoms with E-state index in [0.717, 1.165) is 18.4 Å². The van der Waals surface area contributed by atoms with E-state index in [-0.39, 0.29) is 17.8 Å². The fraction of sp³-hybridized carbons (Fsp3) is 0.467. The average Bonchev–Trinajstić information content (AvgIpc) is 2.78. The summed E-state index contributed by atoms with van der Waals surface area (Å²) in [6.07, 6.45) is 4.51. The predicted molar refractivity (Wildman–Crippen MR) is 77.2 cm³/mol. The Hall–Kier alpha value is -2.08. The summed E-state index contributed by atoms with van der Waals surface area (Å²) in [5.74, 6) is -0.148. The van der Waals surface area contributed by atoms with Crippen LogP contribution in [0.1, 0.15) is 47.5 Å². The number of piperidine rings is 1. The van der Waals surface area contributed by atoms with Crippen LogP contribution < -0.4 is 11.1 Å². The fourth-order valence-corrected chi connectivity index (χ4v) is 3.40. The highest BCUT2D eigenvalue weighted by Gasteiger charge is 2.35. The highest BCUT2D eigenvalue weighted by Crippen LogP contribution is 2.41. The first-order valence-corrected chi connectivity index (χ1v) is 7.02. The van der Waals surface area contributed by atoms with Crippen LogP contribution in [0.3, 0.4) is 0 Å². The third-order valence-corrected chi connectivity index (χ3v) is 4.25. The molecule has 2 aliphatic rings. The van der Waals surface area contributed by atoms with Crippen molar-refractivity contribution in [2.45, 2.75) is 43.7 Å². The Morgan fingerprint density at radius 3 is 2.38 bits per heavy atom. The first kappa shape index (κ1) is 15.3. The van der Waals surface area contributed by atoms with Gasteiger partial charge in [-0.3, -0.25) is 9.59 Å². The van der Waals surface area contributed by atoms with Gasteiger partial charge in [0.2, 0.25) is 0 Å². The number of nitrogens with one attached hydrogen (secondary N) is 1. The SMILES string of the molecule is NC(=O)c1cccc(C2CC3CCC(C2)N3)c1O.O=CO. The topological polar surface area (TPSA) is 113 Å². The Morgan fingerprint density at radius 2 is 1.86 bits per heavy atom. The lowest BCUT2D eigenvalue weighted by atomic mass is 9.85. The number of amides is 1. The third-order valence-electron chi connectivity index (χ3n) is 4.25. The highest BCUT2D eigenvalue weighted by molar-refractivity contribution is 5.96. The number of nitrogens with two attached hydrogens (primary N) is 1. The van der Waals surface area contributed by atoms with Crippen molar-refractivity contribution in [3.8, 4) is 5.75 Å². The van der Waals surface area contributed by atoms with Crippen molar-refractivity contribution in [3.05, 3.63) is 29.3 Å². The molecule has 0 aliphatic carbocycles. The second kappa shape index (κ2) is 6.58. The van der Waals surface area contributed by atoms with Crippen molar-refractivity contribution >= 4 is 12.4 Å². The van der Waals surface area contributed by atoms with Crippen LogP contribution in [0.4, 0.5) is 0 Å². The van der Waals surface area contributed by atoms with Gasteiger partial charge in [0.15, 0.2) is 0 Å². The lowest BCUT2D eigenvalue weighted by Gasteiger charge is -2.30. The summed E-state index contributed by atoms with van der Waals surface area (Å²) >= 11 is 0. The molecular weight excluding hydrogens is 272 g/mol. The van der Waals surface area contributed by atoms with Gasteiger partial charge in [-0.15, -0.1) is 0 Å². The number of hydrogen-bond acceptors (Lipinski definition) is 4. The van der Waals surface area contributed by atoms with Crippen LogP contribution in [-0.2, 0) is 4.79 Å². The lowest BCUT2D eigenvalue weighted by molar-refractivity contribution is -0.122. The minimum Gasteiger partial charge on any atom is -0.507 e. The maximum Gasteiger partial charge on any atom is 0.290 e. The Balaban J connectivity index is 0.000000497. The van der Waals surface area contributed by atoms with Gasteiger partial charge in [0, 0.05) is 12.1 Å². The first-order valence-electron chi connectivity index (χ1n) is 7.02. The van der Waals surface area contributed by atoms with Gasteiger partial charge in [-0.25, -0.2) is 0 Å². The first-order chi connectivity index (χ1) is 10.1. The summed E-state index contributed by atoms with van der Waals surface area (Å²) in [4.78, 5) is 19.6. The van der Waals surface area contributed by atoms with Gasteiger partial charge in [0.05, 0.1) is 5.56 Å². The monoisotopic (exact) mass is 292 g/mol. The molecule has 6 heteroatoms. The number of benzene rings is 1. The van der Waals surface area contributed by atoms with Crippen LogP contribution in [0, 0.1) is 0 Å². The van der Waals surface area contributed by atoms with Gasteiger partial charge in [0.1, 0.15) is 5.75 Å². The number of rotatable bonds is 2. The molecule has 5 N–H and O–H groups in total. The van der Waals surface area contributed by atoms with Crippen LogP contribution in [-0.4, -0.2) is 34.7 Å². The van der Waals surface area contributed by atoms with Crippen LogP contribution in [0.2, 0.25) is 0 Å². The minimum atomic E-state index is -0.564. The van der Waals surface area contributed by atoms with Crippen molar-refractivity contribution in [3.63, 3.8) is 0 Å². The Bertz CT molecular complexity index is 520. The smallest absolute Gasteiger partial charge is 0.290 e. The predicted octanol–water partition coefficient (Wildman–Crippen LogP) is 1.19. The lowest BCUT2D eigenvalue weighted by Crippen LogP contribution is -2.37. The molecule has 3 rings (SSSR count). The normalized spacial score (nSPS) is 26.6. The number of carbonyl (C=O) groups is 2. The third kappa shape index (κ3) is 3.33. The second-order valence-corrected chi connectivity index (χ2v) is 5.52. The zero-order chi connectivity index (χ0) is 15.4. The average molecular weight is 292 g/mol. The molecule has 2 fully saturated rings. The summed E-state index contributed by atoms with van der Waals surface area (Å²) in [6, 6.07) is 6.42. The van der Waals surface area contributed by atoms with Gasteiger partial charge in [-0.05, 0) is 43.2 Å². The largest absolute Gasteiger partial charge is 0.507 e. The van der Waals surface area contributed by atoms with Gasteiger partial charge >= 0.3 is 0 Å². The minimum absolute atomic E-state index is 0.0799. The van der Waals surface area contributed by atoms with E-state index in [1.54, 1.807) is 12.1 Å². The van der Waals surface area contributed by atoms with E-state index in [9.17, 15) is 9.90 Å². The van der Waals surface area contributed by atoms with E-state index in [1.807, 2.05) is 6.07 Å². The van der Waals surface area contributed by atoms with Crippen LogP contribution in [0.5, 0.6) is 5.75 Å². The summed E-state index contributed by atoms with van der Waals surface area (Å²) in [7, 11) is 0. The number of primary amides is 1. The van der Waals surface area contributed by atoms with Crippen molar-refractivity contribution in [2.75, 3.05) is 0 Å². The van der Waals surface area contributed by atoms with Gasteiger partial charge in [0.25, 0.3) is 12.4 Å². The molecule has 2 atom stereocenters. The molecule has 0 radical (unpaired) electrons. The van der Waals surface area contributed by atoms with Crippen molar-refractivity contribution in [1.29, 1.82) is 0 Å². The molecule has 6 nitrogen and oxygen atoms in total. The Labute approximate surface area is 123 Å². The molecule has 1 aromatic rings. The van der Waals surface area contributed by atoms with E-state index < -0.39 is 5.91 Å². The van der Waals surface area contributed by atoms with E-state index in [2.05, 4.69) is 5.32 Å². The van der Waals surface area contributed by atoms with Crippen LogP contribution in [0.15, 0.2) is 18.2 Å². The number of aromatic hydroxyl groups is 1. The molecule has 0 spiro atoms. The maximum absolute atomic E-state index is 11.2. The van der Waals surface area contributed by atoms with E-state index >= 15 is 0 Å². The van der Waals surface area contributed by atoms with Crippen molar-refractivity contribution in [2.24, 2.45) is 5.73 Å². The zero-order valence-corrected chi connectivity index (χ0v) is 11.7. The summed E-state index contributed by atoms with van der Waals surface area (Å²) in [6.45, 7) is -0.250. The number of carboxylic acid groups (broad SMARTS) is 1. The molecule has 1 amide bonds. The zero-order valence-electron chi connectivity index (χ0n) is 11.7. The molecular formula is C15H20N2O4. The number of phenols is 1. The molecule has 2 saturated heterocycles. The van der Waals surface area contributed by atoms with E-state index in [4.69, 9.17) is 15.6 Å². The molecule has 21 heavy (non-hydrogen) atoms. The van der Waals surface area contributed by atoms with Gasteiger partial charge in [-0.1, -0.05) is 12.1 Å². The summed E-state index contributed by atoms with van der Waals surface area (Å²) in [5, 5.41) is 20.6. The molecule has 2 aliphatic heterocycles. The van der Waals surface area contributed by atoms with Gasteiger partial charge < -0.3 is 21.3 Å². The van der Waals surface area contributed by atoms with Crippen LogP contribution in [0.25, 0.3) is 0 Å². The number of para-hydroxylation sites is 1. The molecule has 1 aromatic carbocycles. The van der Waals surface area contributed by atoms with E-state index in [0.29, 0.717) is 18.0 Å². The molecule has 2 heterocycles. The van der Waals surface area contributed by atoms with Gasteiger partial charge in [-0.2, -0.15) is 0 Å². The number of fused-ring (bicyclic) bond motifs is 2. The second-order valence-electron chi connectivity index (χ2n) is 5.52. The van der Waals surface area contributed by atoms with E-state index in [1.165, 1.54) is 12.8 Å². The van der Waals surface area contributed by atoms with Crippen LogP contribution >= 0.6 is 0 Å². The van der Waals surface area contributed by atoms with Crippen molar-refractivity contribution in [1.82, 2.24) is 5.32 Å². The molecule has 114 valence electrons. The molecule has 2 bridgehead atoms. The Morgan fingerprint density at radius 1 is 1.29 bits per heavy atom. The number of carbonyl (C=O) groups excluding carboxylic acids is 1. The quantitative estimate of drug-likeness (QED) is 0.612.